The zero-order valence-electron chi connectivity index (χ0n) is 7.26. The number of carbonyl (C=O) groups is 2. The van der Waals surface area contributed by atoms with Crippen LogP contribution in [0.2, 0.25) is 0 Å². The highest BCUT2D eigenvalue weighted by molar-refractivity contribution is 5.86. The van der Waals surface area contributed by atoms with Crippen molar-refractivity contribution < 1.29 is 9.59 Å². The number of rotatable bonds is 4. The van der Waals surface area contributed by atoms with Gasteiger partial charge in [-0.15, -0.1) is 0 Å². The van der Waals surface area contributed by atoms with Gasteiger partial charge in [0.1, 0.15) is 5.78 Å². The normalized spacial score (nSPS) is 13.1. The Morgan fingerprint density at radius 3 is 2.00 bits per heavy atom. The smallest absolute Gasteiger partial charge is 0.220 e. The lowest BCUT2D eigenvalue weighted by molar-refractivity contribution is -0.128. The summed E-state index contributed by atoms with van der Waals surface area (Å²) in [6, 6.07) is 0. The first-order valence-corrected chi connectivity index (χ1v) is 3.77. The first kappa shape index (κ1) is 10.1. The Balaban J connectivity index is 3.85. The maximum atomic E-state index is 11.0. The monoisotopic (exact) mass is 157 g/mol. The van der Waals surface area contributed by atoms with Crippen molar-refractivity contribution in [3.05, 3.63) is 0 Å². The van der Waals surface area contributed by atoms with E-state index in [-0.39, 0.29) is 24.0 Å². The number of hydrogen-bond donors (Lipinski definition) is 1. The second-order valence-corrected chi connectivity index (χ2v) is 3.13. The highest BCUT2D eigenvalue weighted by atomic mass is 16.1. The van der Waals surface area contributed by atoms with Crippen LogP contribution in [-0.2, 0) is 9.59 Å². The molecule has 64 valence electrons. The van der Waals surface area contributed by atoms with E-state index in [9.17, 15) is 9.59 Å². The van der Waals surface area contributed by atoms with E-state index in [1.165, 1.54) is 0 Å². The number of nitrogens with two attached hydrogens (primary N) is 1. The minimum Gasteiger partial charge on any atom is -0.369 e. The van der Waals surface area contributed by atoms with Crippen molar-refractivity contribution in [2.45, 2.75) is 27.2 Å². The van der Waals surface area contributed by atoms with E-state index in [4.69, 9.17) is 5.73 Å². The van der Waals surface area contributed by atoms with Gasteiger partial charge in [-0.3, -0.25) is 9.59 Å². The standard InChI is InChI=1S/C8H15NO2/c1-5(2)7(10)4-6(3)8(9)11/h5-6H,4H2,1-3H3,(H2,9,11). The van der Waals surface area contributed by atoms with E-state index in [1.54, 1.807) is 6.92 Å². The topological polar surface area (TPSA) is 60.2 Å². The van der Waals surface area contributed by atoms with Crippen LogP contribution < -0.4 is 5.73 Å². The summed E-state index contributed by atoms with van der Waals surface area (Å²) in [5.74, 6) is -0.642. The zero-order chi connectivity index (χ0) is 9.02. The average molecular weight is 157 g/mol. The van der Waals surface area contributed by atoms with Crippen molar-refractivity contribution in [2.75, 3.05) is 0 Å². The van der Waals surface area contributed by atoms with Crippen LogP contribution >= 0.6 is 0 Å². The minimum absolute atomic E-state index is 0.00296. The van der Waals surface area contributed by atoms with Crippen molar-refractivity contribution >= 4 is 11.7 Å². The molecule has 0 spiro atoms. The summed E-state index contributed by atoms with van der Waals surface area (Å²) in [7, 11) is 0. The van der Waals surface area contributed by atoms with E-state index in [1.807, 2.05) is 13.8 Å². The number of hydrogen-bond acceptors (Lipinski definition) is 2. The van der Waals surface area contributed by atoms with Crippen molar-refractivity contribution in [2.24, 2.45) is 17.6 Å². The van der Waals surface area contributed by atoms with Gasteiger partial charge in [0.05, 0.1) is 0 Å². The van der Waals surface area contributed by atoms with Crippen LogP contribution in [0.25, 0.3) is 0 Å². The Labute approximate surface area is 67.0 Å². The Morgan fingerprint density at radius 2 is 1.73 bits per heavy atom. The third-order valence-electron chi connectivity index (χ3n) is 1.64. The van der Waals surface area contributed by atoms with Gasteiger partial charge in [0.15, 0.2) is 0 Å². The fraction of sp³-hybridized carbons (Fsp3) is 0.750. The molecule has 1 atom stereocenters. The number of carbonyl (C=O) groups excluding carboxylic acids is 2. The van der Waals surface area contributed by atoms with Crippen LogP contribution in [0.3, 0.4) is 0 Å². The number of primary amides is 1. The maximum absolute atomic E-state index is 11.0. The molecule has 1 unspecified atom stereocenters. The lowest BCUT2D eigenvalue weighted by atomic mass is 9.98. The van der Waals surface area contributed by atoms with Gasteiger partial charge in [-0.25, -0.2) is 0 Å². The van der Waals surface area contributed by atoms with Gasteiger partial charge in [0, 0.05) is 18.3 Å². The molecule has 11 heavy (non-hydrogen) atoms. The highest BCUT2D eigenvalue weighted by Gasteiger charge is 2.15. The highest BCUT2D eigenvalue weighted by Crippen LogP contribution is 2.06. The minimum atomic E-state index is -0.404. The molecule has 0 saturated heterocycles. The molecule has 0 aliphatic carbocycles. The van der Waals surface area contributed by atoms with Gasteiger partial charge in [-0.2, -0.15) is 0 Å². The quantitative estimate of drug-likeness (QED) is 0.653. The molecule has 0 radical (unpaired) electrons. The maximum Gasteiger partial charge on any atom is 0.220 e. The summed E-state index contributed by atoms with van der Waals surface area (Å²) in [5, 5.41) is 0. The molecular weight excluding hydrogens is 142 g/mol. The van der Waals surface area contributed by atoms with Crippen LogP contribution in [0.4, 0.5) is 0 Å². The summed E-state index contributed by atoms with van der Waals surface area (Å²) in [4.78, 5) is 21.6. The zero-order valence-corrected chi connectivity index (χ0v) is 7.26. The van der Waals surface area contributed by atoms with E-state index >= 15 is 0 Å². The molecule has 0 aromatic carbocycles. The van der Waals surface area contributed by atoms with Gasteiger partial charge in [-0.05, 0) is 0 Å². The van der Waals surface area contributed by atoms with Crippen molar-refractivity contribution in [1.82, 2.24) is 0 Å². The third kappa shape index (κ3) is 3.75. The van der Waals surface area contributed by atoms with E-state index < -0.39 is 5.91 Å². The predicted molar refractivity (Wildman–Crippen MR) is 42.8 cm³/mol. The third-order valence-corrected chi connectivity index (χ3v) is 1.64. The molecule has 0 fully saturated rings. The fourth-order valence-electron chi connectivity index (χ4n) is 0.638. The van der Waals surface area contributed by atoms with Gasteiger partial charge < -0.3 is 5.73 Å². The number of amides is 1. The fourth-order valence-corrected chi connectivity index (χ4v) is 0.638. The Morgan fingerprint density at radius 1 is 1.27 bits per heavy atom. The van der Waals surface area contributed by atoms with Gasteiger partial charge in [0.2, 0.25) is 5.91 Å². The average Bonchev–Trinajstić information content (AvgIpc) is 1.87. The molecule has 0 saturated carbocycles. The number of ketones is 1. The van der Waals surface area contributed by atoms with E-state index in [2.05, 4.69) is 0 Å². The molecule has 0 aliphatic rings. The largest absolute Gasteiger partial charge is 0.369 e. The Kier molecular flexibility index (Phi) is 3.79. The first-order valence-electron chi connectivity index (χ1n) is 3.77. The van der Waals surface area contributed by atoms with E-state index in [0.717, 1.165) is 0 Å². The van der Waals surface area contributed by atoms with Crippen LogP contribution in [-0.4, -0.2) is 11.7 Å². The SMILES string of the molecule is CC(C)C(=O)CC(C)C(N)=O. The number of Topliss-reactive ketones (excluding diaryl/α,β-unsaturated/α-hetero) is 1. The van der Waals surface area contributed by atoms with Gasteiger partial charge >= 0.3 is 0 Å². The molecule has 2 N–H and O–H groups in total. The van der Waals surface area contributed by atoms with Crippen LogP contribution in [0.15, 0.2) is 0 Å². The van der Waals surface area contributed by atoms with Crippen LogP contribution in [0.5, 0.6) is 0 Å². The molecule has 0 rings (SSSR count). The summed E-state index contributed by atoms with van der Waals surface area (Å²) < 4.78 is 0. The molecule has 0 aromatic heterocycles. The first-order chi connectivity index (χ1) is 4.95. The lowest BCUT2D eigenvalue weighted by Gasteiger charge is -2.07. The summed E-state index contributed by atoms with van der Waals surface area (Å²) in [6.07, 6.45) is 0.271. The summed E-state index contributed by atoms with van der Waals surface area (Å²) in [6.45, 7) is 5.30. The van der Waals surface area contributed by atoms with Crippen LogP contribution in [0.1, 0.15) is 27.2 Å². The molecule has 0 aromatic rings. The van der Waals surface area contributed by atoms with Crippen molar-refractivity contribution in [3.8, 4) is 0 Å². The lowest BCUT2D eigenvalue weighted by Crippen LogP contribution is -2.24. The van der Waals surface area contributed by atoms with Crippen molar-refractivity contribution in [3.63, 3.8) is 0 Å². The van der Waals surface area contributed by atoms with Crippen molar-refractivity contribution in [1.29, 1.82) is 0 Å². The molecule has 3 heteroatoms. The second-order valence-electron chi connectivity index (χ2n) is 3.13. The van der Waals surface area contributed by atoms with Crippen LogP contribution in [0, 0.1) is 11.8 Å². The van der Waals surface area contributed by atoms with E-state index in [0.29, 0.717) is 0 Å². The second kappa shape index (κ2) is 4.11. The Bertz CT molecular complexity index is 163. The molecule has 3 nitrogen and oxygen atoms in total. The summed E-state index contributed by atoms with van der Waals surface area (Å²) in [5.41, 5.74) is 4.99. The van der Waals surface area contributed by atoms with Gasteiger partial charge in [-0.1, -0.05) is 20.8 Å². The molecule has 1 amide bonds. The summed E-state index contributed by atoms with van der Waals surface area (Å²) >= 11 is 0. The molecule has 0 aliphatic heterocycles. The Hall–Kier alpha value is -0.860. The predicted octanol–water partition coefficient (Wildman–Crippen LogP) is 0.723. The molecule has 0 heterocycles. The van der Waals surface area contributed by atoms with Gasteiger partial charge in [0.25, 0.3) is 0 Å². The molecule has 0 bridgehead atoms. The molecular formula is C8H15NO2.